The van der Waals surface area contributed by atoms with Crippen molar-refractivity contribution < 1.29 is 9.53 Å². The van der Waals surface area contributed by atoms with Crippen LogP contribution >= 0.6 is 0 Å². The van der Waals surface area contributed by atoms with Crippen LogP contribution in [0.5, 0.6) is 5.75 Å². The van der Waals surface area contributed by atoms with E-state index in [1.165, 1.54) is 0 Å². The first-order chi connectivity index (χ1) is 16.4. The lowest BCUT2D eigenvalue weighted by molar-refractivity contribution is 0.0249. The number of anilines is 3. The molecule has 0 radical (unpaired) electrons. The maximum absolute atomic E-state index is 12.9. The van der Waals surface area contributed by atoms with Crippen LogP contribution in [0.3, 0.4) is 0 Å². The minimum atomic E-state index is 0.0177. The smallest absolute Gasteiger partial charge is 0.254 e. The number of hydrogen-bond acceptors (Lipinski definition) is 8. The molecule has 34 heavy (non-hydrogen) atoms. The second-order valence-corrected chi connectivity index (χ2v) is 9.09. The van der Waals surface area contributed by atoms with Gasteiger partial charge in [0.25, 0.3) is 5.91 Å². The van der Waals surface area contributed by atoms with E-state index >= 15 is 0 Å². The number of hydrogen-bond donors (Lipinski definition) is 2. The third-order valence-corrected chi connectivity index (χ3v) is 6.42. The Morgan fingerprint density at radius 3 is 2.85 bits per heavy atom. The van der Waals surface area contributed by atoms with Crippen molar-refractivity contribution in [2.24, 2.45) is 0 Å². The van der Waals surface area contributed by atoms with Gasteiger partial charge < -0.3 is 20.3 Å². The zero-order valence-electron chi connectivity index (χ0n) is 19.1. The van der Waals surface area contributed by atoms with Gasteiger partial charge in [0.15, 0.2) is 11.6 Å². The van der Waals surface area contributed by atoms with E-state index in [1.54, 1.807) is 6.07 Å². The summed E-state index contributed by atoms with van der Waals surface area (Å²) in [5.74, 6) is 2.44. The highest BCUT2D eigenvalue weighted by Gasteiger charge is 2.38. The minimum Gasteiger partial charge on any atom is -0.439 e. The van der Waals surface area contributed by atoms with Gasteiger partial charge in [-0.2, -0.15) is 0 Å². The van der Waals surface area contributed by atoms with E-state index in [2.05, 4.69) is 32.1 Å². The van der Waals surface area contributed by atoms with Crippen molar-refractivity contribution in [2.75, 3.05) is 23.7 Å². The quantitative estimate of drug-likeness (QED) is 0.619. The first-order valence-electron chi connectivity index (χ1n) is 11.3. The van der Waals surface area contributed by atoms with Gasteiger partial charge in [0.2, 0.25) is 5.95 Å². The lowest BCUT2D eigenvalue weighted by atomic mass is 10.0. The van der Waals surface area contributed by atoms with E-state index < -0.39 is 0 Å². The van der Waals surface area contributed by atoms with E-state index in [0.717, 1.165) is 47.1 Å². The number of carbonyl (C=O) groups excluding carboxylic acids is 1. The van der Waals surface area contributed by atoms with Crippen LogP contribution in [0, 0.1) is 13.8 Å². The second-order valence-electron chi connectivity index (χ2n) is 9.09. The molecule has 0 saturated carbocycles. The van der Waals surface area contributed by atoms with Gasteiger partial charge in [-0.15, -0.1) is 0 Å². The Morgan fingerprint density at radius 2 is 2.03 bits per heavy atom. The van der Waals surface area contributed by atoms with Crippen LogP contribution < -0.4 is 15.4 Å². The van der Waals surface area contributed by atoms with Crippen LogP contribution in [0.2, 0.25) is 0 Å². The first-order valence-corrected chi connectivity index (χ1v) is 11.3. The number of aryl methyl sites for hydroxylation is 2. The fourth-order valence-electron chi connectivity index (χ4n) is 4.70. The fourth-order valence-corrected chi connectivity index (χ4v) is 4.70. The van der Waals surface area contributed by atoms with E-state index in [9.17, 15) is 4.79 Å². The lowest BCUT2D eigenvalue weighted by Crippen LogP contribution is -2.59. The summed E-state index contributed by atoms with van der Waals surface area (Å²) in [4.78, 5) is 30.9. The van der Waals surface area contributed by atoms with Gasteiger partial charge in [-0.05, 0) is 56.3 Å². The van der Waals surface area contributed by atoms with Gasteiger partial charge in [0.05, 0.1) is 11.4 Å². The Kier molecular flexibility index (Phi) is 4.73. The number of fused-ring (bicyclic) bond motifs is 2. The summed E-state index contributed by atoms with van der Waals surface area (Å²) < 4.78 is 5.52. The maximum Gasteiger partial charge on any atom is 0.254 e. The van der Waals surface area contributed by atoms with Gasteiger partial charge in [0, 0.05) is 55.2 Å². The molecule has 0 aliphatic carbocycles. The molecule has 3 aliphatic rings. The van der Waals surface area contributed by atoms with Crippen molar-refractivity contribution >= 4 is 23.4 Å². The molecule has 6 rings (SSSR count). The van der Waals surface area contributed by atoms with Crippen LogP contribution in [0.15, 0.2) is 49.0 Å². The highest BCUT2D eigenvalue weighted by molar-refractivity contribution is 5.96. The highest BCUT2D eigenvalue weighted by Crippen LogP contribution is 2.34. The van der Waals surface area contributed by atoms with Gasteiger partial charge in [-0.1, -0.05) is 0 Å². The number of pyridine rings is 1. The average Bonchev–Trinajstić information content (AvgIpc) is 3.33. The van der Waals surface area contributed by atoms with Gasteiger partial charge >= 0.3 is 0 Å². The fraction of sp³-hybridized carbons (Fsp3) is 0.280. The third-order valence-electron chi connectivity index (χ3n) is 6.42. The number of likely N-dealkylation sites (tertiary alicyclic amines) is 1. The monoisotopic (exact) mass is 455 g/mol. The standard InChI is InChI=1S/C25H25N7O2/c1-14-6-15(2)27-23(7-14)30-25-26-9-18-10-31(13-21(18)29-25)19-11-32(12-19)24(33)17-4-5-20-22(8-17)34-16(3)28-20/h4-9,19,28H,3,10-13H2,1-2H3,(H,26,27,29,30). The van der Waals surface area contributed by atoms with Crippen LogP contribution in [0.4, 0.5) is 17.5 Å². The van der Waals surface area contributed by atoms with Crippen LogP contribution in [0.25, 0.3) is 0 Å². The zero-order chi connectivity index (χ0) is 23.4. The molecule has 3 aromatic rings. The van der Waals surface area contributed by atoms with Crippen LogP contribution in [-0.2, 0) is 13.1 Å². The van der Waals surface area contributed by atoms with Crippen molar-refractivity contribution in [1.82, 2.24) is 24.8 Å². The Morgan fingerprint density at radius 1 is 1.18 bits per heavy atom. The minimum absolute atomic E-state index is 0.0177. The van der Waals surface area contributed by atoms with Gasteiger partial charge in [-0.25, -0.2) is 15.0 Å². The van der Waals surface area contributed by atoms with E-state index in [1.807, 2.05) is 49.2 Å². The average molecular weight is 456 g/mol. The van der Waals surface area contributed by atoms with E-state index in [0.29, 0.717) is 42.3 Å². The highest BCUT2D eigenvalue weighted by atomic mass is 16.5. The Labute approximate surface area is 197 Å². The van der Waals surface area contributed by atoms with Crippen molar-refractivity contribution in [3.8, 4) is 5.75 Å². The van der Waals surface area contributed by atoms with E-state index in [4.69, 9.17) is 9.72 Å². The van der Waals surface area contributed by atoms with Crippen molar-refractivity contribution in [3.05, 3.63) is 77.1 Å². The summed E-state index contributed by atoms with van der Waals surface area (Å²) >= 11 is 0. The summed E-state index contributed by atoms with van der Waals surface area (Å²) in [6.45, 7) is 10.7. The molecule has 9 nitrogen and oxygen atoms in total. The number of amides is 1. The lowest BCUT2D eigenvalue weighted by Gasteiger charge is -2.44. The molecule has 1 saturated heterocycles. The molecule has 3 aliphatic heterocycles. The molecule has 1 aromatic carbocycles. The molecule has 2 aromatic heterocycles. The number of benzene rings is 1. The summed E-state index contributed by atoms with van der Waals surface area (Å²) in [5.41, 5.74) is 5.71. The van der Waals surface area contributed by atoms with E-state index in [-0.39, 0.29) is 5.91 Å². The maximum atomic E-state index is 12.9. The van der Waals surface area contributed by atoms with Crippen LogP contribution in [0.1, 0.15) is 32.9 Å². The molecule has 0 spiro atoms. The molecule has 172 valence electrons. The summed E-state index contributed by atoms with van der Waals surface area (Å²) in [5, 5.41) is 6.25. The topological polar surface area (TPSA) is 95.5 Å². The first kappa shape index (κ1) is 20.6. The molecule has 0 unspecified atom stereocenters. The van der Waals surface area contributed by atoms with Crippen molar-refractivity contribution in [1.29, 1.82) is 0 Å². The van der Waals surface area contributed by atoms with Crippen molar-refractivity contribution in [2.45, 2.75) is 33.0 Å². The predicted octanol–water partition coefficient (Wildman–Crippen LogP) is 3.35. The second kappa shape index (κ2) is 7.81. The summed E-state index contributed by atoms with van der Waals surface area (Å²) in [7, 11) is 0. The molecular formula is C25H25N7O2. The summed E-state index contributed by atoms with van der Waals surface area (Å²) in [6.07, 6.45) is 1.89. The Balaban J connectivity index is 1.08. The molecule has 1 fully saturated rings. The molecule has 1 amide bonds. The number of nitrogens with zero attached hydrogens (tertiary/aromatic N) is 5. The Hall–Kier alpha value is -3.98. The summed E-state index contributed by atoms with van der Waals surface area (Å²) in [6, 6.07) is 9.78. The SMILES string of the molecule is C=C1Nc2ccc(C(=O)N3CC(N4Cc5cnc(Nc6cc(C)cc(C)n6)nc5C4)C3)cc2O1. The molecule has 0 bridgehead atoms. The normalized spacial score (nSPS) is 17.0. The number of ether oxygens (including phenoxy) is 1. The number of carbonyl (C=O) groups is 1. The molecule has 5 heterocycles. The molecule has 9 heteroatoms. The number of nitrogens with one attached hydrogen (secondary N) is 2. The molecule has 2 N–H and O–H groups in total. The molecular weight excluding hydrogens is 430 g/mol. The predicted molar refractivity (Wildman–Crippen MR) is 128 cm³/mol. The third kappa shape index (κ3) is 3.73. The van der Waals surface area contributed by atoms with Gasteiger partial charge in [0.1, 0.15) is 5.82 Å². The van der Waals surface area contributed by atoms with Gasteiger partial charge in [-0.3, -0.25) is 9.69 Å². The Bertz CT molecular complexity index is 1310. The molecule has 0 atom stereocenters. The number of rotatable bonds is 4. The van der Waals surface area contributed by atoms with Crippen molar-refractivity contribution in [3.63, 3.8) is 0 Å². The number of aromatic nitrogens is 3. The van der Waals surface area contributed by atoms with Crippen LogP contribution in [-0.4, -0.2) is 49.8 Å². The largest absolute Gasteiger partial charge is 0.439 e. The zero-order valence-corrected chi connectivity index (χ0v) is 19.1.